The lowest BCUT2D eigenvalue weighted by Crippen LogP contribution is -2.52. The van der Waals surface area contributed by atoms with E-state index in [2.05, 4.69) is 10.6 Å². The SMILES string of the molecule is COc1ccc(C[C@H](NC(=O)C2=C[C@@H](NC(=O)Cc3cccs3)[C@@H](O)[C@H](O)C2)C(N)=O)cc1. The average molecular weight is 474 g/mol. The number of ether oxygens (including phenoxy) is 1. The number of nitrogens with one attached hydrogen (secondary N) is 2. The number of rotatable bonds is 9. The number of aliphatic hydroxyl groups excluding tert-OH is 2. The summed E-state index contributed by atoms with van der Waals surface area (Å²) in [5, 5.41) is 27.6. The Morgan fingerprint density at radius 2 is 1.94 bits per heavy atom. The van der Waals surface area contributed by atoms with Crippen molar-refractivity contribution in [1.82, 2.24) is 10.6 Å². The summed E-state index contributed by atoms with van der Waals surface area (Å²) in [7, 11) is 1.54. The van der Waals surface area contributed by atoms with Crippen LogP contribution in [0.15, 0.2) is 53.4 Å². The summed E-state index contributed by atoms with van der Waals surface area (Å²) >= 11 is 1.43. The lowest BCUT2D eigenvalue weighted by atomic mass is 9.89. The molecule has 0 aliphatic heterocycles. The number of hydrogen-bond donors (Lipinski definition) is 5. The highest BCUT2D eigenvalue weighted by Gasteiger charge is 2.34. The second kappa shape index (κ2) is 11.1. The van der Waals surface area contributed by atoms with Crippen LogP contribution in [0.3, 0.4) is 0 Å². The first-order valence-corrected chi connectivity index (χ1v) is 11.3. The van der Waals surface area contributed by atoms with Gasteiger partial charge in [0.25, 0.3) is 0 Å². The molecule has 9 nitrogen and oxygen atoms in total. The van der Waals surface area contributed by atoms with E-state index in [4.69, 9.17) is 10.5 Å². The van der Waals surface area contributed by atoms with E-state index in [9.17, 15) is 24.6 Å². The Hall–Kier alpha value is -3.21. The molecule has 0 bridgehead atoms. The number of thiophene rings is 1. The molecule has 0 radical (unpaired) electrons. The van der Waals surface area contributed by atoms with E-state index in [0.717, 1.165) is 10.4 Å². The molecule has 0 saturated carbocycles. The molecule has 1 aliphatic rings. The monoisotopic (exact) mass is 473 g/mol. The van der Waals surface area contributed by atoms with Crippen molar-refractivity contribution in [3.05, 3.63) is 63.9 Å². The van der Waals surface area contributed by atoms with Crippen LogP contribution in [0.4, 0.5) is 0 Å². The average Bonchev–Trinajstić information content (AvgIpc) is 3.29. The van der Waals surface area contributed by atoms with Crippen LogP contribution in [-0.2, 0) is 27.2 Å². The zero-order valence-corrected chi connectivity index (χ0v) is 18.9. The predicted molar refractivity (Wildman–Crippen MR) is 122 cm³/mol. The van der Waals surface area contributed by atoms with Gasteiger partial charge in [0.1, 0.15) is 17.9 Å². The highest BCUT2D eigenvalue weighted by atomic mass is 32.1. The molecule has 1 aromatic heterocycles. The Morgan fingerprint density at radius 1 is 1.21 bits per heavy atom. The van der Waals surface area contributed by atoms with Crippen LogP contribution in [0.2, 0.25) is 0 Å². The predicted octanol–water partition coefficient (Wildman–Crippen LogP) is 0.0487. The fraction of sp³-hybridized carbons (Fsp3) is 0.348. The zero-order valence-electron chi connectivity index (χ0n) is 18.1. The molecule has 4 atom stereocenters. The molecule has 33 heavy (non-hydrogen) atoms. The standard InChI is InChI=1S/C23H27N3O6S/c1-32-15-6-4-13(5-7-15)9-18(22(24)30)26-23(31)14-10-17(21(29)19(27)11-14)25-20(28)12-16-3-2-8-33-16/h2-8,10,17-19,21,27,29H,9,11-12H2,1H3,(H2,24,30)(H,25,28)(H,26,31)/t17-,18+,19-,21-/m1/s1. The van der Waals surface area contributed by atoms with Gasteiger partial charge in [-0.25, -0.2) is 0 Å². The van der Waals surface area contributed by atoms with Gasteiger partial charge in [-0.2, -0.15) is 0 Å². The minimum Gasteiger partial charge on any atom is -0.497 e. The maximum atomic E-state index is 12.8. The van der Waals surface area contributed by atoms with Crippen molar-refractivity contribution in [3.8, 4) is 5.75 Å². The van der Waals surface area contributed by atoms with Crippen LogP contribution in [0.5, 0.6) is 5.75 Å². The normalized spacial score (nSPS) is 20.9. The third kappa shape index (κ3) is 6.64. The van der Waals surface area contributed by atoms with Gasteiger partial charge in [-0.05, 0) is 29.1 Å². The Labute approximate surface area is 195 Å². The fourth-order valence-electron chi connectivity index (χ4n) is 3.54. The van der Waals surface area contributed by atoms with Crippen LogP contribution in [0.1, 0.15) is 16.9 Å². The minimum atomic E-state index is -1.26. The maximum absolute atomic E-state index is 12.8. The molecule has 6 N–H and O–H groups in total. The first-order chi connectivity index (χ1) is 15.8. The van der Waals surface area contributed by atoms with Crippen LogP contribution in [0.25, 0.3) is 0 Å². The topological polar surface area (TPSA) is 151 Å². The summed E-state index contributed by atoms with van der Waals surface area (Å²) in [6, 6.07) is 8.71. The molecular formula is C23H27N3O6S. The van der Waals surface area contributed by atoms with Crippen molar-refractivity contribution in [3.63, 3.8) is 0 Å². The summed E-state index contributed by atoms with van der Waals surface area (Å²) < 4.78 is 5.11. The molecule has 2 aromatic rings. The Bertz CT molecular complexity index is 1010. The van der Waals surface area contributed by atoms with Gasteiger partial charge in [-0.15, -0.1) is 11.3 Å². The second-order valence-corrected chi connectivity index (χ2v) is 8.82. The van der Waals surface area contributed by atoms with Gasteiger partial charge in [-0.1, -0.05) is 24.3 Å². The highest BCUT2D eigenvalue weighted by molar-refractivity contribution is 7.10. The number of carbonyl (C=O) groups excluding carboxylic acids is 3. The van der Waals surface area contributed by atoms with Gasteiger partial charge in [0.2, 0.25) is 17.7 Å². The smallest absolute Gasteiger partial charge is 0.247 e. The van der Waals surface area contributed by atoms with E-state index >= 15 is 0 Å². The van der Waals surface area contributed by atoms with Crippen LogP contribution < -0.4 is 21.1 Å². The first-order valence-electron chi connectivity index (χ1n) is 10.4. The fourth-order valence-corrected chi connectivity index (χ4v) is 4.25. The van der Waals surface area contributed by atoms with Crippen molar-refractivity contribution >= 4 is 29.1 Å². The van der Waals surface area contributed by atoms with Crippen molar-refractivity contribution in [2.24, 2.45) is 5.73 Å². The van der Waals surface area contributed by atoms with E-state index in [0.29, 0.717) is 5.75 Å². The second-order valence-electron chi connectivity index (χ2n) is 7.78. The summed E-state index contributed by atoms with van der Waals surface area (Å²) in [5.41, 5.74) is 6.40. The molecule has 3 amide bonds. The zero-order chi connectivity index (χ0) is 24.0. The molecule has 0 unspecified atom stereocenters. The molecular weight excluding hydrogens is 446 g/mol. The lowest BCUT2D eigenvalue weighted by molar-refractivity contribution is -0.126. The minimum absolute atomic E-state index is 0.123. The summed E-state index contributed by atoms with van der Waals surface area (Å²) in [6.07, 6.45) is -0.942. The van der Waals surface area contributed by atoms with Crippen molar-refractivity contribution in [1.29, 1.82) is 0 Å². The van der Waals surface area contributed by atoms with Crippen molar-refractivity contribution in [2.45, 2.75) is 43.6 Å². The van der Waals surface area contributed by atoms with Gasteiger partial charge in [0.05, 0.1) is 25.7 Å². The molecule has 1 heterocycles. The number of primary amides is 1. The Kier molecular flexibility index (Phi) is 8.21. The quantitative estimate of drug-likeness (QED) is 0.347. The van der Waals surface area contributed by atoms with Crippen LogP contribution in [-0.4, -0.2) is 59.3 Å². The number of aliphatic hydroxyl groups is 2. The number of benzene rings is 1. The summed E-state index contributed by atoms with van der Waals surface area (Å²) in [5.74, 6) is -1.00. The largest absolute Gasteiger partial charge is 0.497 e. The molecule has 0 fully saturated rings. The summed E-state index contributed by atoms with van der Waals surface area (Å²) in [4.78, 5) is 37.9. The van der Waals surface area contributed by atoms with E-state index in [1.165, 1.54) is 17.4 Å². The molecule has 3 rings (SSSR count). The van der Waals surface area contributed by atoms with E-state index in [-0.39, 0.29) is 30.7 Å². The van der Waals surface area contributed by atoms with E-state index < -0.39 is 36.1 Å². The van der Waals surface area contributed by atoms with Gasteiger partial charge in [-0.3, -0.25) is 14.4 Å². The van der Waals surface area contributed by atoms with Crippen molar-refractivity contribution in [2.75, 3.05) is 7.11 Å². The van der Waals surface area contributed by atoms with Gasteiger partial charge in [0, 0.05) is 23.3 Å². The molecule has 10 heteroatoms. The highest BCUT2D eigenvalue weighted by Crippen LogP contribution is 2.21. The third-order valence-corrected chi connectivity index (χ3v) is 6.23. The van der Waals surface area contributed by atoms with Crippen molar-refractivity contribution < 1.29 is 29.3 Å². The van der Waals surface area contributed by atoms with E-state index in [1.54, 1.807) is 31.4 Å². The number of methoxy groups -OCH3 is 1. The molecule has 1 aromatic carbocycles. The van der Waals surface area contributed by atoms with Crippen LogP contribution >= 0.6 is 11.3 Å². The Balaban J connectivity index is 1.67. The first kappa shape index (κ1) is 24.4. The number of nitrogens with two attached hydrogens (primary N) is 1. The van der Waals surface area contributed by atoms with Gasteiger partial charge >= 0.3 is 0 Å². The number of carbonyl (C=O) groups is 3. The van der Waals surface area contributed by atoms with Gasteiger partial charge in [0.15, 0.2) is 0 Å². The van der Waals surface area contributed by atoms with E-state index in [1.807, 2.05) is 17.5 Å². The summed E-state index contributed by atoms with van der Waals surface area (Å²) in [6.45, 7) is 0. The maximum Gasteiger partial charge on any atom is 0.247 e. The lowest BCUT2D eigenvalue weighted by Gasteiger charge is -2.31. The third-order valence-electron chi connectivity index (χ3n) is 5.35. The number of hydrogen-bond acceptors (Lipinski definition) is 7. The van der Waals surface area contributed by atoms with Crippen LogP contribution in [0, 0.1) is 0 Å². The number of amides is 3. The molecule has 0 saturated heterocycles. The van der Waals surface area contributed by atoms with Gasteiger partial charge < -0.3 is 31.3 Å². The molecule has 1 aliphatic carbocycles. The Morgan fingerprint density at radius 3 is 2.55 bits per heavy atom. The molecule has 0 spiro atoms. The molecule has 176 valence electrons.